The second-order valence-electron chi connectivity index (χ2n) is 8.59. The molecule has 7 heteroatoms. The van der Waals surface area contributed by atoms with Gasteiger partial charge in [0.1, 0.15) is 0 Å². The molecule has 0 bridgehead atoms. The van der Waals surface area contributed by atoms with Gasteiger partial charge in [-0.15, -0.1) is 0 Å². The van der Waals surface area contributed by atoms with E-state index in [1.165, 1.54) is 44.2 Å². The molecule has 1 aromatic rings. The molecule has 4 nitrogen and oxygen atoms in total. The molecule has 0 N–H and O–H groups in total. The van der Waals surface area contributed by atoms with Crippen LogP contribution in [0.15, 0.2) is 24.3 Å². The standard InChI is InChI=1S/C22H32F3N3O/c23-22(24,25)18-4-3-5-20(16-18)28-13-11-27(12-14-28)19-7-9-26(10-8-19)17-21-6-1-2-15-29-21/h3-5,16,19,21H,1-2,6-15,17H2. The molecule has 1 aromatic carbocycles. The molecule has 1 unspecified atom stereocenters. The van der Waals surface area contributed by atoms with Crippen molar-refractivity contribution in [2.45, 2.75) is 50.4 Å². The fraction of sp³-hybridized carbons (Fsp3) is 0.727. The van der Waals surface area contributed by atoms with E-state index in [0.29, 0.717) is 17.8 Å². The van der Waals surface area contributed by atoms with Crippen LogP contribution >= 0.6 is 0 Å². The summed E-state index contributed by atoms with van der Waals surface area (Å²) < 4.78 is 44.8. The Morgan fingerprint density at radius 3 is 2.34 bits per heavy atom. The monoisotopic (exact) mass is 411 g/mol. The molecule has 4 rings (SSSR count). The average molecular weight is 412 g/mol. The van der Waals surface area contributed by atoms with E-state index < -0.39 is 11.7 Å². The number of hydrogen-bond donors (Lipinski definition) is 0. The molecule has 0 radical (unpaired) electrons. The molecule has 3 saturated heterocycles. The topological polar surface area (TPSA) is 19.0 Å². The fourth-order valence-corrected chi connectivity index (χ4v) is 4.93. The highest BCUT2D eigenvalue weighted by molar-refractivity contribution is 5.49. The van der Waals surface area contributed by atoms with Crippen molar-refractivity contribution in [1.82, 2.24) is 9.80 Å². The SMILES string of the molecule is FC(F)(F)c1cccc(N2CCN(C3CCN(CC4CCCCO4)CC3)CC2)c1. The minimum atomic E-state index is -4.28. The number of benzene rings is 1. The van der Waals surface area contributed by atoms with Crippen LogP contribution in [0.1, 0.15) is 37.7 Å². The lowest BCUT2D eigenvalue weighted by molar-refractivity contribution is -0.137. The van der Waals surface area contributed by atoms with Crippen LogP contribution in [0.5, 0.6) is 0 Å². The quantitative estimate of drug-likeness (QED) is 0.749. The maximum absolute atomic E-state index is 13.0. The molecule has 0 amide bonds. The summed E-state index contributed by atoms with van der Waals surface area (Å²) >= 11 is 0. The Kier molecular flexibility index (Phi) is 6.66. The van der Waals surface area contributed by atoms with E-state index in [2.05, 4.69) is 14.7 Å². The van der Waals surface area contributed by atoms with Crippen LogP contribution in [0.2, 0.25) is 0 Å². The van der Waals surface area contributed by atoms with Crippen LogP contribution in [-0.4, -0.2) is 74.4 Å². The predicted octanol–water partition coefficient (Wildman–Crippen LogP) is 3.86. The zero-order valence-electron chi connectivity index (χ0n) is 17.0. The van der Waals surface area contributed by atoms with Crippen LogP contribution in [-0.2, 0) is 10.9 Å². The van der Waals surface area contributed by atoms with Gasteiger partial charge in [-0.25, -0.2) is 0 Å². The summed E-state index contributed by atoms with van der Waals surface area (Å²) in [6.07, 6.45) is 2.16. The summed E-state index contributed by atoms with van der Waals surface area (Å²) in [5, 5.41) is 0. The Bertz CT molecular complexity index is 647. The van der Waals surface area contributed by atoms with Crippen LogP contribution in [0.4, 0.5) is 18.9 Å². The van der Waals surface area contributed by atoms with Gasteiger partial charge in [0.15, 0.2) is 0 Å². The molecule has 3 heterocycles. The minimum Gasteiger partial charge on any atom is -0.377 e. The first-order valence-electron chi connectivity index (χ1n) is 11.0. The molecule has 3 aliphatic rings. The van der Waals surface area contributed by atoms with Gasteiger partial charge >= 0.3 is 6.18 Å². The highest BCUT2D eigenvalue weighted by atomic mass is 19.4. The third kappa shape index (κ3) is 5.44. The van der Waals surface area contributed by atoms with E-state index in [9.17, 15) is 13.2 Å². The minimum absolute atomic E-state index is 0.413. The summed E-state index contributed by atoms with van der Waals surface area (Å²) in [5.41, 5.74) is 0.119. The zero-order chi connectivity index (χ0) is 20.3. The number of halogens is 3. The first kappa shape index (κ1) is 20.9. The van der Waals surface area contributed by atoms with Crippen molar-refractivity contribution in [2.24, 2.45) is 0 Å². The largest absolute Gasteiger partial charge is 0.416 e. The Labute approximate surface area is 171 Å². The second-order valence-corrected chi connectivity index (χ2v) is 8.59. The lowest BCUT2D eigenvalue weighted by atomic mass is 10.0. The number of piperazine rings is 1. The zero-order valence-corrected chi connectivity index (χ0v) is 17.0. The molecule has 0 spiro atoms. The Hall–Kier alpha value is -1.31. The molecule has 29 heavy (non-hydrogen) atoms. The van der Waals surface area contributed by atoms with Crippen molar-refractivity contribution in [3.8, 4) is 0 Å². The second kappa shape index (κ2) is 9.23. The Balaban J connectivity index is 1.23. The molecular weight excluding hydrogens is 379 g/mol. The maximum atomic E-state index is 13.0. The Morgan fingerprint density at radius 1 is 0.931 bits per heavy atom. The number of ether oxygens (including phenoxy) is 1. The van der Waals surface area contributed by atoms with Gasteiger partial charge in [0.05, 0.1) is 11.7 Å². The molecule has 1 atom stereocenters. The third-order valence-corrected chi connectivity index (χ3v) is 6.66. The number of alkyl halides is 3. The molecule has 0 saturated carbocycles. The van der Waals surface area contributed by atoms with Gasteiger partial charge in [0, 0.05) is 51.1 Å². The summed E-state index contributed by atoms with van der Waals surface area (Å²) in [4.78, 5) is 7.17. The van der Waals surface area contributed by atoms with E-state index in [0.717, 1.165) is 58.5 Å². The number of likely N-dealkylation sites (tertiary alicyclic amines) is 1. The van der Waals surface area contributed by atoms with Crippen LogP contribution in [0.25, 0.3) is 0 Å². The van der Waals surface area contributed by atoms with Gasteiger partial charge in [-0.3, -0.25) is 4.90 Å². The molecule has 0 aliphatic carbocycles. The summed E-state index contributed by atoms with van der Waals surface area (Å²) in [6.45, 7) is 7.65. The summed E-state index contributed by atoms with van der Waals surface area (Å²) in [6, 6.07) is 6.32. The van der Waals surface area contributed by atoms with Crippen LogP contribution in [0, 0.1) is 0 Å². The number of hydrogen-bond acceptors (Lipinski definition) is 4. The fourth-order valence-electron chi connectivity index (χ4n) is 4.93. The normalized spacial score (nSPS) is 26.0. The van der Waals surface area contributed by atoms with Gasteiger partial charge in [-0.1, -0.05) is 6.07 Å². The molecular formula is C22H32F3N3O. The molecule has 162 valence electrons. The maximum Gasteiger partial charge on any atom is 0.416 e. The van der Waals surface area contributed by atoms with Crippen LogP contribution in [0.3, 0.4) is 0 Å². The van der Waals surface area contributed by atoms with Crippen LogP contribution < -0.4 is 4.90 Å². The van der Waals surface area contributed by atoms with E-state index in [1.807, 2.05) is 0 Å². The van der Waals surface area contributed by atoms with Gasteiger partial charge < -0.3 is 14.5 Å². The first-order valence-corrected chi connectivity index (χ1v) is 11.0. The van der Waals surface area contributed by atoms with Crippen molar-refractivity contribution in [2.75, 3.05) is 57.3 Å². The van der Waals surface area contributed by atoms with Crippen molar-refractivity contribution in [3.05, 3.63) is 29.8 Å². The first-order chi connectivity index (χ1) is 14.0. The van der Waals surface area contributed by atoms with Crippen molar-refractivity contribution in [1.29, 1.82) is 0 Å². The third-order valence-electron chi connectivity index (χ3n) is 6.66. The van der Waals surface area contributed by atoms with E-state index in [1.54, 1.807) is 6.07 Å². The smallest absolute Gasteiger partial charge is 0.377 e. The van der Waals surface area contributed by atoms with Crippen molar-refractivity contribution < 1.29 is 17.9 Å². The van der Waals surface area contributed by atoms with E-state index >= 15 is 0 Å². The van der Waals surface area contributed by atoms with Gasteiger partial charge in [0.2, 0.25) is 0 Å². The number of rotatable bonds is 4. The van der Waals surface area contributed by atoms with Crippen molar-refractivity contribution >= 4 is 5.69 Å². The summed E-state index contributed by atoms with van der Waals surface area (Å²) in [5.74, 6) is 0. The van der Waals surface area contributed by atoms with Gasteiger partial charge in [-0.2, -0.15) is 13.2 Å². The van der Waals surface area contributed by atoms with E-state index in [-0.39, 0.29) is 0 Å². The number of anilines is 1. The lowest BCUT2D eigenvalue weighted by Gasteiger charge is -2.44. The number of nitrogens with zero attached hydrogens (tertiary/aromatic N) is 3. The lowest BCUT2D eigenvalue weighted by Crippen LogP contribution is -2.53. The highest BCUT2D eigenvalue weighted by Crippen LogP contribution is 2.32. The Morgan fingerprint density at radius 2 is 1.69 bits per heavy atom. The highest BCUT2D eigenvalue weighted by Gasteiger charge is 2.32. The molecule has 3 aliphatic heterocycles. The molecule has 3 fully saturated rings. The average Bonchev–Trinajstić information content (AvgIpc) is 2.75. The van der Waals surface area contributed by atoms with E-state index in [4.69, 9.17) is 4.74 Å². The molecule has 0 aromatic heterocycles. The summed E-state index contributed by atoms with van der Waals surface area (Å²) in [7, 11) is 0. The van der Waals surface area contributed by atoms with Gasteiger partial charge in [0.25, 0.3) is 0 Å². The van der Waals surface area contributed by atoms with Crippen molar-refractivity contribution in [3.63, 3.8) is 0 Å². The van der Waals surface area contributed by atoms with Gasteiger partial charge in [-0.05, 0) is 63.4 Å². The predicted molar refractivity (Wildman–Crippen MR) is 108 cm³/mol. The number of piperidine rings is 1.